The zero-order valence-corrected chi connectivity index (χ0v) is 17.4. The molecule has 8 heteroatoms. The molecule has 7 nitrogen and oxygen atoms in total. The van der Waals surface area contributed by atoms with Crippen LogP contribution in [0.4, 0.5) is 5.69 Å². The van der Waals surface area contributed by atoms with E-state index in [4.69, 9.17) is 21.4 Å². The molecule has 1 heterocycles. The summed E-state index contributed by atoms with van der Waals surface area (Å²) in [7, 11) is 0. The molecule has 0 fully saturated rings. The van der Waals surface area contributed by atoms with Crippen molar-refractivity contribution in [2.45, 2.75) is 6.92 Å². The minimum absolute atomic E-state index is 0.0586. The zero-order valence-electron chi connectivity index (χ0n) is 16.6. The standard InChI is InChI=1S/C23H19N3O4S/c1-14-11-15(24-23(31)26-20(27)13-29-16-7-3-2-4-8-16)12-17(21(14)28)22-25-18-9-5-6-10-19(18)30-22/h2-12,28H,13H2,1H3,(H2,24,26,27,31). The summed E-state index contributed by atoms with van der Waals surface area (Å²) in [5.74, 6) is 0.546. The predicted octanol–water partition coefficient (Wildman–Crippen LogP) is 4.40. The molecule has 0 aliphatic rings. The number of rotatable bonds is 5. The highest BCUT2D eigenvalue weighted by Crippen LogP contribution is 2.36. The number of amides is 1. The fourth-order valence-corrected chi connectivity index (χ4v) is 3.22. The number of aryl methyl sites for hydroxylation is 1. The minimum atomic E-state index is -0.393. The number of nitrogens with one attached hydrogen (secondary N) is 2. The summed E-state index contributed by atoms with van der Waals surface area (Å²) in [6.07, 6.45) is 0. The maximum absolute atomic E-state index is 12.1. The molecule has 0 atom stereocenters. The number of benzene rings is 3. The summed E-state index contributed by atoms with van der Waals surface area (Å²) < 4.78 is 11.2. The van der Waals surface area contributed by atoms with Gasteiger partial charge in [0.15, 0.2) is 17.3 Å². The molecular weight excluding hydrogens is 414 g/mol. The topological polar surface area (TPSA) is 96.6 Å². The van der Waals surface area contributed by atoms with Gasteiger partial charge in [-0.1, -0.05) is 30.3 Å². The quantitative estimate of drug-likeness (QED) is 0.317. The van der Waals surface area contributed by atoms with E-state index in [1.54, 1.807) is 37.3 Å². The number of aromatic hydroxyl groups is 1. The first-order valence-electron chi connectivity index (χ1n) is 9.48. The molecule has 0 unspecified atom stereocenters. The van der Waals surface area contributed by atoms with Crippen LogP contribution >= 0.6 is 12.2 Å². The van der Waals surface area contributed by atoms with Crippen LogP contribution in [0.15, 0.2) is 71.1 Å². The molecule has 156 valence electrons. The summed E-state index contributed by atoms with van der Waals surface area (Å²) in [5, 5.41) is 16.1. The summed E-state index contributed by atoms with van der Waals surface area (Å²) in [6.45, 7) is 1.58. The third kappa shape index (κ3) is 4.81. The van der Waals surface area contributed by atoms with E-state index in [0.29, 0.717) is 33.7 Å². The van der Waals surface area contributed by atoms with Gasteiger partial charge in [0, 0.05) is 5.69 Å². The van der Waals surface area contributed by atoms with E-state index in [1.165, 1.54) is 0 Å². The van der Waals surface area contributed by atoms with Crippen molar-refractivity contribution in [3.63, 3.8) is 0 Å². The summed E-state index contributed by atoms with van der Waals surface area (Å²) >= 11 is 5.23. The Labute approximate surface area is 183 Å². The van der Waals surface area contributed by atoms with Gasteiger partial charge in [0.1, 0.15) is 17.0 Å². The van der Waals surface area contributed by atoms with Gasteiger partial charge in [-0.05, 0) is 61.1 Å². The van der Waals surface area contributed by atoms with Crippen molar-refractivity contribution in [2.75, 3.05) is 11.9 Å². The second kappa shape index (κ2) is 8.85. The molecule has 0 spiro atoms. The second-order valence-corrected chi connectivity index (χ2v) is 7.19. The lowest BCUT2D eigenvalue weighted by atomic mass is 10.1. The average molecular weight is 433 g/mol. The van der Waals surface area contributed by atoms with Crippen molar-refractivity contribution >= 4 is 40.0 Å². The highest BCUT2D eigenvalue weighted by molar-refractivity contribution is 7.80. The number of para-hydroxylation sites is 3. The molecule has 1 aromatic heterocycles. The number of hydrogen-bond donors (Lipinski definition) is 3. The fraction of sp³-hybridized carbons (Fsp3) is 0.0870. The lowest BCUT2D eigenvalue weighted by molar-refractivity contribution is -0.121. The van der Waals surface area contributed by atoms with E-state index >= 15 is 0 Å². The van der Waals surface area contributed by atoms with E-state index in [0.717, 1.165) is 0 Å². The molecule has 0 saturated carbocycles. The highest BCUT2D eigenvalue weighted by atomic mass is 32.1. The van der Waals surface area contributed by atoms with Crippen LogP contribution in [-0.2, 0) is 4.79 Å². The Hall–Kier alpha value is -3.91. The first-order chi connectivity index (χ1) is 15.0. The van der Waals surface area contributed by atoms with E-state index in [-0.39, 0.29) is 23.4 Å². The Morgan fingerprint density at radius 1 is 1.13 bits per heavy atom. The number of carbonyl (C=O) groups is 1. The van der Waals surface area contributed by atoms with Crippen LogP contribution in [0.25, 0.3) is 22.6 Å². The SMILES string of the molecule is Cc1cc(NC(=S)NC(=O)COc2ccccc2)cc(-c2nc3ccccc3o2)c1O. The molecular formula is C23H19N3O4S. The van der Waals surface area contributed by atoms with Gasteiger partial charge in [0.25, 0.3) is 5.91 Å². The lowest BCUT2D eigenvalue weighted by Crippen LogP contribution is -2.37. The number of hydrogen-bond acceptors (Lipinski definition) is 6. The van der Waals surface area contributed by atoms with Crippen LogP contribution in [-0.4, -0.2) is 27.7 Å². The van der Waals surface area contributed by atoms with Gasteiger partial charge in [-0.25, -0.2) is 4.98 Å². The predicted molar refractivity (Wildman–Crippen MR) is 122 cm³/mol. The van der Waals surface area contributed by atoms with Gasteiger partial charge in [0.05, 0.1) is 5.56 Å². The minimum Gasteiger partial charge on any atom is -0.507 e. The molecule has 3 N–H and O–H groups in total. The Morgan fingerprint density at radius 3 is 2.65 bits per heavy atom. The van der Waals surface area contributed by atoms with E-state index < -0.39 is 5.91 Å². The Kier molecular flexibility index (Phi) is 5.81. The third-order valence-electron chi connectivity index (χ3n) is 4.45. The number of phenols is 1. The molecule has 0 aliphatic carbocycles. The van der Waals surface area contributed by atoms with Crippen LogP contribution in [0, 0.1) is 6.92 Å². The molecule has 0 aliphatic heterocycles. The van der Waals surface area contributed by atoms with E-state index in [9.17, 15) is 9.90 Å². The summed E-state index contributed by atoms with van der Waals surface area (Å²) in [5.41, 5.74) is 2.90. The Morgan fingerprint density at radius 2 is 1.87 bits per heavy atom. The smallest absolute Gasteiger partial charge is 0.264 e. The number of aromatic nitrogens is 1. The molecule has 31 heavy (non-hydrogen) atoms. The van der Waals surface area contributed by atoms with Gasteiger partial charge in [0.2, 0.25) is 5.89 Å². The number of oxazole rings is 1. The molecule has 3 aromatic carbocycles. The maximum Gasteiger partial charge on any atom is 0.264 e. The maximum atomic E-state index is 12.1. The Bertz CT molecular complexity index is 1220. The van der Waals surface area contributed by atoms with Crippen molar-refractivity contribution in [1.82, 2.24) is 10.3 Å². The molecule has 0 radical (unpaired) electrons. The van der Waals surface area contributed by atoms with Gasteiger partial charge in [-0.3, -0.25) is 10.1 Å². The van der Waals surface area contributed by atoms with Crippen molar-refractivity contribution in [3.8, 4) is 23.0 Å². The number of nitrogens with zero attached hydrogens (tertiary/aromatic N) is 1. The third-order valence-corrected chi connectivity index (χ3v) is 4.65. The highest BCUT2D eigenvalue weighted by Gasteiger charge is 2.16. The number of fused-ring (bicyclic) bond motifs is 1. The number of anilines is 1. The van der Waals surface area contributed by atoms with Crippen molar-refractivity contribution in [2.24, 2.45) is 0 Å². The normalized spacial score (nSPS) is 10.6. The van der Waals surface area contributed by atoms with Gasteiger partial charge < -0.3 is 19.6 Å². The summed E-state index contributed by atoms with van der Waals surface area (Å²) in [6, 6.07) is 19.7. The van der Waals surface area contributed by atoms with E-state index in [1.807, 2.05) is 36.4 Å². The number of thiocarbonyl (C=S) groups is 1. The van der Waals surface area contributed by atoms with E-state index in [2.05, 4.69) is 15.6 Å². The molecule has 4 rings (SSSR count). The molecule has 0 bridgehead atoms. The monoisotopic (exact) mass is 433 g/mol. The Balaban J connectivity index is 1.45. The van der Waals surface area contributed by atoms with Crippen molar-refractivity contribution in [1.29, 1.82) is 0 Å². The number of carbonyl (C=O) groups excluding carboxylic acids is 1. The van der Waals surface area contributed by atoms with Crippen molar-refractivity contribution < 1.29 is 19.1 Å². The van der Waals surface area contributed by atoms with Gasteiger partial charge >= 0.3 is 0 Å². The number of phenolic OH excluding ortho intramolecular Hbond substituents is 1. The lowest BCUT2D eigenvalue weighted by Gasteiger charge is -2.13. The molecule has 0 saturated heterocycles. The molecule has 4 aromatic rings. The van der Waals surface area contributed by atoms with Crippen LogP contribution in [0.2, 0.25) is 0 Å². The van der Waals surface area contributed by atoms with Crippen LogP contribution in [0.5, 0.6) is 11.5 Å². The van der Waals surface area contributed by atoms with Crippen molar-refractivity contribution in [3.05, 3.63) is 72.3 Å². The van der Waals surface area contributed by atoms with Gasteiger partial charge in [-0.2, -0.15) is 0 Å². The number of ether oxygens (including phenoxy) is 1. The van der Waals surface area contributed by atoms with Gasteiger partial charge in [-0.15, -0.1) is 0 Å². The summed E-state index contributed by atoms with van der Waals surface area (Å²) in [4.78, 5) is 16.5. The largest absolute Gasteiger partial charge is 0.507 e. The van der Waals surface area contributed by atoms with Crippen LogP contribution in [0.3, 0.4) is 0 Å². The zero-order chi connectivity index (χ0) is 21.8. The van der Waals surface area contributed by atoms with Crippen LogP contribution in [0.1, 0.15) is 5.56 Å². The molecule has 1 amide bonds. The van der Waals surface area contributed by atoms with Crippen LogP contribution < -0.4 is 15.4 Å². The first kappa shape index (κ1) is 20.4. The second-order valence-electron chi connectivity index (χ2n) is 6.78. The average Bonchev–Trinajstić information content (AvgIpc) is 3.19. The fourth-order valence-electron chi connectivity index (χ4n) is 2.99. The first-order valence-corrected chi connectivity index (χ1v) is 9.88.